The number of benzene rings is 5. The number of rotatable bonds is 9. The summed E-state index contributed by atoms with van der Waals surface area (Å²) in [5.74, 6) is -0.00101. The average molecular weight is 656 g/mol. The van der Waals surface area contributed by atoms with Crippen LogP contribution in [0, 0.1) is 0 Å². The third kappa shape index (κ3) is 6.07. The number of aromatic nitrogens is 1. The van der Waals surface area contributed by atoms with Gasteiger partial charge in [-0.15, -0.1) is 0 Å². The van der Waals surface area contributed by atoms with Crippen LogP contribution in [0.15, 0.2) is 144 Å². The zero-order valence-electron chi connectivity index (χ0n) is 22.9. The molecular formula is C35H30ClN2O2PSe. The third-order valence-corrected chi connectivity index (χ3v) is 14.2. The summed E-state index contributed by atoms with van der Waals surface area (Å²) < 4.78 is 2.95. The van der Waals surface area contributed by atoms with Gasteiger partial charge >= 0.3 is 156 Å². The zero-order chi connectivity index (χ0) is 28.1. The summed E-state index contributed by atoms with van der Waals surface area (Å²) in [5.41, 5.74) is 1.85. The molecule has 0 atom stereocenters. The van der Waals surface area contributed by atoms with Gasteiger partial charge in [-0.2, -0.15) is 0 Å². The molecule has 0 saturated heterocycles. The Morgan fingerprint density at radius 1 is 0.667 bits per heavy atom. The monoisotopic (exact) mass is 656 g/mol. The molecular weight excluding hydrogens is 626 g/mol. The number of carbonyl (C=O) groups excluding carboxylic acids is 1. The molecule has 5 aromatic carbocycles. The van der Waals surface area contributed by atoms with Crippen molar-refractivity contribution in [1.29, 1.82) is 0 Å². The average Bonchev–Trinajstić information content (AvgIpc) is 3.37. The topological polar surface area (TPSA) is 51.1 Å². The number of nitrogens with one attached hydrogen (secondary N) is 1. The number of fused-ring (bicyclic) bond motifs is 1. The molecule has 1 N–H and O–H groups in total. The molecule has 0 aliphatic rings. The van der Waals surface area contributed by atoms with E-state index in [4.69, 9.17) is 0 Å². The molecule has 7 heteroatoms. The van der Waals surface area contributed by atoms with E-state index >= 15 is 0 Å². The number of halogens is 1. The van der Waals surface area contributed by atoms with Crippen molar-refractivity contribution in [1.82, 2.24) is 8.88 Å². The van der Waals surface area contributed by atoms with Crippen LogP contribution in [0.2, 0.25) is 0 Å². The van der Waals surface area contributed by atoms with Gasteiger partial charge in [0, 0.05) is 0 Å². The second-order valence-corrected chi connectivity index (χ2v) is 15.6. The van der Waals surface area contributed by atoms with Crippen molar-refractivity contribution in [2.24, 2.45) is 0 Å². The molecule has 1 aromatic heterocycles. The fourth-order valence-electron chi connectivity index (χ4n) is 5.38. The van der Waals surface area contributed by atoms with Crippen molar-refractivity contribution in [3.63, 3.8) is 0 Å². The molecule has 1 amide bonds. The Balaban J connectivity index is 0.00000353. The minimum absolute atomic E-state index is 0. The van der Waals surface area contributed by atoms with Gasteiger partial charge in [0.1, 0.15) is 0 Å². The van der Waals surface area contributed by atoms with E-state index in [1.807, 2.05) is 52.1 Å². The summed E-state index contributed by atoms with van der Waals surface area (Å²) in [5, 5.41) is 7.92. The first-order valence-electron chi connectivity index (χ1n) is 13.7. The summed E-state index contributed by atoms with van der Waals surface area (Å²) in [6, 6.07) is 47.8. The van der Waals surface area contributed by atoms with Gasteiger partial charge in [0.05, 0.1) is 0 Å². The summed E-state index contributed by atoms with van der Waals surface area (Å²) in [6.45, 7) is 0.576. The Morgan fingerprint density at radius 2 is 1.17 bits per heavy atom. The van der Waals surface area contributed by atoms with Crippen molar-refractivity contribution in [3.8, 4) is 5.69 Å². The number of nitrogens with zero attached hydrogens (tertiary/aromatic N) is 1. The maximum absolute atomic E-state index is 13.1. The van der Waals surface area contributed by atoms with Crippen LogP contribution < -0.4 is 39.2 Å². The van der Waals surface area contributed by atoms with Crippen LogP contribution >= 0.6 is 7.26 Å². The summed E-state index contributed by atoms with van der Waals surface area (Å²) in [6.07, 6.45) is 1.13. The second kappa shape index (κ2) is 13.5. The quantitative estimate of drug-likeness (QED) is 0.191. The van der Waals surface area contributed by atoms with Gasteiger partial charge in [0.2, 0.25) is 0 Å². The van der Waals surface area contributed by atoms with E-state index in [1.165, 1.54) is 15.9 Å². The molecule has 6 aromatic rings. The Hall–Kier alpha value is -3.72. The smallest absolute Gasteiger partial charge is 1.00 e. The van der Waals surface area contributed by atoms with Gasteiger partial charge in [0.25, 0.3) is 0 Å². The summed E-state index contributed by atoms with van der Waals surface area (Å²) in [4.78, 5) is 25.9. The van der Waals surface area contributed by atoms with Crippen molar-refractivity contribution >= 4 is 53.5 Å². The molecule has 4 nitrogen and oxygen atoms in total. The molecule has 210 valence electrons. The summed E-state index contributed by atoms with van der Waals surface area (Å²) >= 11 is -0.0710. The minimum atomic E-state index is -1.99. The van der Waals surface area contributed by atoms with E-state index in [0.29, 0.717) is 13.0 Å². The molecule has 0 aliphatic carbocycles. The van der Waals surface area contributed by atoms with Gasteiger partial charge in [0.15, 0.2) is 0 Å². The molecule has 1 heterocycles. The molecule has 0 fully saturated rings. The predicted octanol–water partition coefficient (Wildman–Crippen LogP) is 1.70. The minimum Gasteiger partial charge on any atom is -1.00 e. The third-order valence-electron chi connectivity index (χ3n) is 7.39. The molecule has 0 bridgehead atoms. The van der Waals surface area contributed by atoms with E-state index in [9.17, 15) is 9.59 Å². The van der Waals surface area contributed by atoms with Gasteiger partial charge in [-0.1, -0.05) is 54.6 Å². The Morgan fingerprint density at radius 3 is 1.69 bits per heavy atom. The van der Waals surface area contributed by atoms with Crippen molar-refractivity contribution in [2.45, 2.75) is 6.42 Å². The van der Waals surface area contributed by atoms with Crippen LogP contribution in [0.3, 0.4) is 0 Å². The predicted molar refractivity (Wildman–Crippen MR) is 173 cm³/mol. The number of hydrogen-bond donors (Lipinski definition) is 1. The number of amides is 1. The van der Waals surface area contributed by atoms with E-state index in [0.717, 1.165) is 27.1 Å². The van der Waals surface area contributed by atoms with Crippen LogP contribution in [0.5, 0.6) is 0 Å². The van der Waals surface area contributed by atoms with Crippen LogP contribution in [0.1, 0.15) is 5.56 Å². The van der Waals surface area contributed by atoms with E-state index < -0.39 is 7.26 Å². The first-order chi connectivity index (χ1) is 20.1. The number of hydrogen-bond acceptors (Lipinski definition) is 2. The van der Waals surface area contributed by atoms with Crippen LogP contribution in [-0.4, -0.2) is 36.9 Å². The molecule has 0 aliphatic heterocycles. The van der Waals surface area contributed by atoms with Crippen molar-refractivity contribution < 1.29 is 17.2 Å². The molecule has 0 spiro atoms. The fourth-order valence-corrected chi connectivity index (χ4v) is 11.6. The molecule has 0 radical (unpaired) electrons. The van der Waals surface area contributed by atoms with Gasteiger partial charge < -0.3 is 12.4 Å². The molecule has 0 saturated carbocycles. The zero-order valence-corrected chi connectivity index (χ0v) is 26.3. The standard InChI is InChI=1S/C35H29N2O2PSe.ClH/c38-34(26-27-20-22-28(23-21-27)37-35(39)32-18-10-11-19-33(32)41-37)36-24-25-40(29-12-4-1-5-13-29,30-14-6-2-7-15-30)31-16-8-3-9-17-31;/h1-23H,24-26H2;1H. The molecule has 6 rings (SSSR count). The first-order valence-corrected chi connectivity index (χ1v) is 17.3. The van der Waals surface area contributed by atoms with E-state index in [1.54, 1.807) is 0 Å². The maximum atomic E-state index is 13.1. The van der Waals surface area contributed by atoms with Crippen molar-refractivity contribution in [2.75, 3.05) is 12.7 Å². The Bertz CT molecular complexity index is 1730. The van der Waals surface area contributed by atoms with Gasteiger partial charge in [-0.25, -0.2) is 0 Å². The van der Waals surface area contributed by atoms with E-state index in [2.05, 4.69) is 96.3 Å². The number of carbonyl (C=O) groups is 1. The van der Waals surface area contributed by atoms with Crippen LogP contribution in [0.25, 0.3) is 15.3 Å². The Kier molecular flexibility index (Phi) is 9.57. The first kappa shape index (κ1) is 29.8. The fraction of sp³-hybridized carbons (Fsp3) is 0.0857. The summed E-state index contributed by atoms with van der Waals surface area (Å²) in [7, 11) is -1.99. The molecule has 42 heavy (non-hydrogen) atoms. The Labute approximate surface area is 258 Å². The van der Waals surface area contributed by atoms with Crippen LogP contribution in [0.4, 0.5) is 0 Å². The molecule has 0 unspecified atom stereocenters. The SMILES string of the molecule is O=C(Cc1ccc(-n2[se]c3ccccc3c2=O)cc1)NCC[P+](c1ccccc1)(c1ccccc1)c1ccccc1.[Cl-]. The van der Waals surface area contributed by atoms with E-state index in [-0.39, 0.29) is 38.6 Å². The van der Waals surface area contributed by atoms with Crippen LogP contribution in [-0.2, 0) is 11.2 Å². The van der Waals surface area contributed by atoms with Crippen molar-refractivity contribution in [3.05, 3.63) is 155 Å². The second-order valence-electron chi connectivity index (χ2n) is 9.92. The van der Waals surface area contributed by atoms with Gasteiger partial charge in [-0.05, 0) is 36.4 Å². The normalized spacial score (nSPS) is 11.1. The van der Waals surface area contributed by atoms with Gasteiger partial charge in [-0.3, -0.25) is 0 Å².